The molecule has 32 heavy (non-hydrogen) atoms. The van der Waals surface area contributed by atoms with Crippen LogP contribution in [0.4, 0.5) is 5.69 Å². The van der Waals surface area contributed by atoms with E-state index in [1.807, 2.05) is 31.2 Å². The average Bonchev–Trinajstić information content (AvgIpc) is 2.74. The van der Waals surface area contributed by atoms with Gasteiger partial charge in [-0.1, -0.05) is 41.4 Å². The van der Waals surface area contributed by atoms with E-state index in [4.69, 9.17) is 11.6 Å². The van der Waals surface area contributed by atoms with Gasteiger partial charge in [0.15, 0.2) is 0 Å². The number of aryl methyl sites for hydroxylation is 1. The maximum absolute atomic E-state index is 13.1. The fraction of sp³-hybridized carbons (Fsp3) is 0.391. The zero-order chi connectivity index (χ0) is 23.9. The van der Waals surface area contributed by atoms with Gasteiger partial charge in [-0.2, -0.15) is 0 Å². The van der Waals surface area contributed by atoms with E-state index in [1.165, 1.54) is 16.3 Å². The van der Waals surface area contributed by atoms with Gasteiger partial charge in [-0.3, -0.25) is 13.9 Å². The van der Waals surface area contributed by atoms with E-state index >= 15 is 0 Å². The molecule has 0 bridgehead atoms. The molecule has 0 fully saturated rings. The van der Waals surface area contributed by atoms with Crippen LogP contribution in [-0.4, -0.2) is 51.0 Å². The number of amides is 2. The van der Waals surface area contributed by atoms with E-state index in [2.05, 4.69) is 5.32 Å². The van der Waals surface area contributed by atoms with Crippen LogP contribution >= 0.6 is 11.6 Å². The molecular formula is C23H30ClN3O4S. The van der Waals surface area contributed by atoms with Crippen molar-refractivity contribution in [2.45, 2.75) is 39.3 Å². The Morgan fingerprint density at radius 2 is 1.78 bits per heavy atom. The third-order valence-corrected chi connectivity index (χ3v) is 6.56. The maximum Gasteiger partial charge on any atom is 0.242 e. The monoisotopic (exact) mass is 479 g/mol. The summed E-state index contributed by atoms with van der Waals surface area (Å²) in [5.41, 5.74) is 2.47. The number of benzene rings is 2. The molecule has 1 N–H and O–H groups in total. The summed E-state index contributed by atoms with van der Waals surface area (Å²) in [4.78, 5) is 26.8. The molecule has 0 radical (unpaired) electrons. The Kier molecular flexibility index (Phi) is 9.09. The van der Waals surface area contributed by atoms with Gasteiger partial charge in [-0.05, 0) is 50.1 Å². The number of nitrogens with one attached hydrogen (secondary N) is 1. The van der Waals surface area contributed by atoms with E-state index < -0.39 is 16.1 Å². The summed E-state index contributed by atoms with van der Waals surface area (Å²) in [5.74, 6) is -0.475. The van der Waals surface area contributed by atoms with Crippen molar-refractivity contribution in [2.24, 2.45) is 0 Å². The Hall–Kier alpha value is -2.58. The molecule has 2 aromatic rings. The highest BCUT2D eigenvalue weighted by Crippen LogP contribution is 2.21. The van der Waals surface area contributed by atoms with Gasteiger partial charge in [0.25, 0.3) is 0 Å². The lowest BCUT2D eigenvalue weighted by atomic mass is 10.1. The van der Waals surface area contributed by atoms with Gasteiger partial charge < -0.3 is 10.2 Å². The first kappa shape index (κ1) is 25.7. The second kappa shape index (κ2) is 11.3. The first-order valence-electron chi connectivity index (χ1n) is 10.3. The molecule has 2 aromatic carbocycles. The molecule has 2 rings (SSSR count). The smallest absolute Gasteiger partial charge is 0.242 e. The van der Waals surface area contributed by atoms with Crippen LogP contribution in [0.1, 0.15) is 30.9 Å². The van der Waals surface area contributed by atoms with Gasteiger partial charge in [-0.25, -0.2) is 8.42 Å². The Morgan fingerprint density at radius 1 is 1.12 bits per heavy atom. The summed E-state index contributed by atoms with van der Waals surface area (Å²) < 4.78 is 25.8. The first-order valence-corrected chi connectivity index (χ1v) is 12.6. The van der Waals surface area contributed by atoms with Gasteiger partial charge in [0.05, 0.1) is 11.9 Å². The first-order chi connectivity index (χ1) is 15.0. The molecule has 0 saturated heterocycles. The number of hydrogen-bond donors (Lipinski definition) is 1. The number of likely N-dealkylation sites (N-methyl/N-ethyl adjacent to an activating group) is 1. The number of carbonyl (C=O) groups excluding carboxylic acids is 2. The summed E-state index contributed by atoms with van der Waals surface area (Å²) in [6.07, 6.45) is 1.53. The normalized spacial score (nSPS) is 12.2. The molecule has 0 saturated carbocycles. The van der Waals surface area contributed by atoms with Crippen LogP contribution in [0.2, 0.25) is 5.02 Å². The second-order valence-electron chi connectivity index (χ2n) is 7.72. The summed E-state index contributed by atoms with van der Waals surface area (Å²) in [7, 11) is -2.00. The highest BCUT2D eigenvalue weighted by atomic mass is 35.5. The van der Waals surface area contributed by atoms with E-state index in [0.29, 0.717) is 23.7 Å². The van der Waals surface area contributed by atoms with E-state index in [1.54, 1.807) is 31.2 Å². The van der Waals surface area contributed by atoms with E-state index in [-0.39, 0.29) is 24.8 Å². The van der Waals surface area contributed by atoms with Crippen LogP contribution in [0, 0.1) is 6.92 Å². The molecule has 0 aliphatic heterocycles. The van der Waals surface area contributed by atoms with Crippen LogP contribution in [-0.2, 0) is 26.2 Å². The van der Waals surface area contributed by atoms with Crippen molar-refractivity contribution < 1.29 is 18.0 Å². The Bertz CT molecular complexity index is 1040. The van der Waals surface area contributed by atoms with Gasteiger partial charge in [0.2, 0.25) is 21.8 Å². The molecule has 174 valence electrons. The lowest BCUT2D eigenvalue weighted by molar-refractivity contribution is -0.140. The third-order valence-electron chi connectivity index (χ3n) is 5.12. The Labute approximate surface area is 195 Å². The van der Waals surface area contributed by atoms with Crippen LogP contribution in [0.5, 0.6) is 0 Å². The lowest BCUT2D eigenvalue weighted by Gasteiger charge is -2.29. The lowest BCUT2D eigenvalue weighted by Crippen LogP contribution is -2.46. The Morgan fingerprint density at radius 3 is 2.34 bits per heavy atom. The standard InChI is InChI=1S/C23H30ClN3O4S/c1-17-7-5-8-19(15-17)16-26(18(2)23(29)25-3)22(28)9-6-14-27(32(4,30)31)21-12-10-20(24)11-13-21/h5,7-8,10-13,15,18H,6,9,14,16H2,1-4H3,(H,25,29)/t18-/m1/s1. The maximum atomic E-state index is 13.1. The van der Waals surface area contributed by atoms with Crippen LogP contribution in [0.25, 0.3) is 0 Å². The van der Waals surface area contributed by atoms with Crippen molar-refractivity contribution in [3.63, 3.8) is 0 Å². The SMILES string of the molecule is CNC(=O)[C@@H](C)N(Cc1cccc(C)c1)C(=O)CCCN(c1ccc(Cl)cc1)S(C)(=O)=O. The average molecular weight is 480 g/mol. The predicted molar refractivity (Wildman–Crippen MR) is 128 cm³/mol. The second-order valence-corrected chi connectivity index (χ2v) is 10.1. The van der Waals surface area contributed by atoms with Gasteiger partial charge in [-0.15, -0.1) is 0 Å². The molecule has 0 aliphatic rings. The van der Waals surface area contributed by atoms with Crippen LogP contribution in [0.3, 0.4) is 0 Å². The molecular weight excluding hydrogens is 450 g/mol. The predicted octanol–water partition coefficient (Wildman–Crippen LogP) is 3.36. The summed E-state index contributed by atoms with van der Waals surface area (Å²) in [6, 6.07) is 13.6. The van der Waals surface area contributed by atoms with Gasteiger partial charge in [0.1, 0.15) is 6.04 Å². The zero-order valence-corrected chi connectivity index (χ0v) is 20.4. The fourth-order valence-electron chi connectivity index (χ4n) is 3.41. The van der Waals surface area contributed by atoms with Gasteiger partial charge in [0, 0.05) is 31.6 Å². The van der Waals surface area contributed by atoms with Crippen molar-refractivity contribution in [3.8, 4) is 0 Å². The number of halogens is 1. The molecule has 9 heteroatoms. The molecule has 0 heterocycles. The minimum absolute atomic E-state index is 0.104. The van der Waals surface area contributed by atoms with Crippen molar-refractivity contribution in [2.75, 3.05) is 24.2 Å². The highest BCUT2D eigenvalue weighted by molar-refractivity contribution is 7.92. The van der Waals surface area contributed by atoms with E-state index in [0.717, 1.165) is 17.4 Å². The molecule has 0 unspecified atom stereocenters. The van der Waals surface area contributed by atoms with Gasteiger partial charge >= 0.3 is 0 Å². The molecule has 2 amide bonds. The molecule has 0 aromatic heterocycles. The van der Waals surface area contributed by atoms with Crippen LogP contribution in [0.15, 0.2) is 48.5 Å². The van der Waals surface area contributed by atoms with Crippen molar-refractivity contribution in [1.82, 2.24) is 10.2 Å². The van der Waals surface area contributed by atoms with E-state index in [9.17, 15) is 18.0 Å². The third kappa shape index (κ3) is 7.24. The number of anilines is 1. The highest BCUT2D eigenvalue weighted by Gasteiger charge is 2.26. The molecule has 0 spiro atoms. The topological polar surface area (TPSA) is 86.8 Å². The number of rotatable bonds is 10. The Balaban J connectivity index is 2.13. The zero-order valence-electron chi connectivity index (χ0n) is 18.8. The molecule has 7 nitrogen and oxygen atoms in total. The minimum Gasteiger partial charge on any atom is -0.357 e. The van der Waals surface area contributed by atoms with Crippen molar-refractivity contribution in [1.29, 1.82) is 0 Å². The number of sulfonamides is 1. The molecule has 0 aliphatic carbocycles. The fourth-order valence-corrected chi connectivity index (χ4v) is 4.50. The van der Waals surface area contributed by atoms with Crippen molar-refractivity contribution >= 4 is 39.1 Å². The van der Waals surface area contributed by atoms with Crippen molar-refractivity contribution in [3.05, 3.63) is 64.7 Å². The summed E-state index contributed by atoms with van der Waals surface area (Å²) >= 11 is 5.90. The summed E-state index contributed by atoms with van der Waals surface area (Å²) in [5, 5.41) is 3.09. The van der Waals surface area contributed by atoms with Crippen LogP contribution < -0.4 is 9.62 Å². The number of nitrogens with zero attached hydrogens (tertiary/aromatic N) is 2. The quantitative estimate of drug-likeness (QED) is 0.566. The largest absolute Gasteiger partial charge is 0.357 e. The number of carbonyl (C=O) groups is 2. The summed E-state index contributed by atoms with van der Waals surface area (Å²) in [6.45, 7) is 4.08. The number of hydrogen-bond acceptors (Lipinski definition) is 4. The molecule has 1 atom stereocenters. The minimum atomic E-state index is -3.53.